The SMILES string of the molecule is COCCOCCOC(OCCOCCOC)=C(CC(=O)O)C(=O)O. The van der Waals surface area contributed by atoms with Crippen molar-refractivity contribution < 1.29 is 48.2 Å². The minimum Gasteiger partial charge on any atom is -0.481 e. The summed E-state index contributed by atoms with van der Waals surface area (Å²) in [6.07, 6.45) is -0.736. The van der Waals surface area contributed by atoms with Crippen LogP contribution in [0.3, 0.4) is 0 Å². The van der Waals surface area contributed by atoms with E-state index in [-0.39, 0.29) is 32.4 Å². The van der Waals surface area contributed by atoms with Gasteiger partial charge in [0.1, 0.15) is 18.8 Å². The molecule has 0 aromatic heterocycles. The van der Waals surface area contributed by atoms with Crippen LogP contribution >= 0.6 is 0 Å². The highest BCUT2D eigenvalue weighted by atomic mass is 16.7. The lowest BCUT2D eigenvalue weighted by Crippen LogP contribution is -2.17. The number of rotatable bonds is 17. The second kappa shape index (κ2) is 15.6. The van der Waals surface area contributed by atoms with Gasteiger partial charge in [-0.3, -0.25) is 4.79 Å². The highest BCUT2D eigenvalue weighted by Gasteiger charge is 2.21. The van der Waals surface area contributed by atoms with Gasteiger partial charge < -0.3 is 38.6 Å². The average molecular weight is 366 g/mol. The molecule has 0 unspecified atom stereocenters. The van der Waals surface area contributed by atoms with Crippen molar-refractivity contribution in [2.75, 3.05) is 67.1 Å². The summed E-state index contributed by atoms with van der Waals surface area (Å²) in [5.41, 5.74) is -0.485. The van der Waals surface area contributed by atoms with E-state index in [9.17, 15) is 9.59 Å². The van der Waals surface area contributed by atoms with Gasteiger partial charge >= 0.3 is 11.9 Å². The van der Waals surface area contributed by atoms with Crippen molar-refractivity contribution in [1.29, 1.82) is 0 Å². The molecular formula is C15H26O10. The summed E-state index contributed by atoms with van der Waals surface area (Å²) in [6, 6.07) is 0. The molecule has 0 saturated carbocycles. The van der Waals surface area contributed by atoms with Gasteiger partial charge in [-0.1, -0.05) is 0 Å². The molecule has 0 aromatic rings. The Bertz CT molecular complexity index is 389. The summed E-state index contributed by atoms with van der Waals surface area (Å²) in [6.45, 7) is 1.87. The number of carbonyl (C=O) groups is 2. The van der Waals surface area contributed by atoms with Gasteiger partial charge in [0.2, 0.25) is 0 Å². The normalized spacial score (nSPS) is 10.3. The second-order valence-corrected chi connectivity index (χ2v) is 4.55. The van der Waals surface area contributed by atoms with Crippen LogP contribution in [-0.2, 0) is 38.0 Å². The molecular weight excluding hydrogens is 340 g/mol. The highest BCUT2D eigenvalue weighted by Crippen LogP contribution is 2.13. The molecule has 10 nitrogen and oxygen atoms in total. The van der Waals surface area contributed by atoms with E-state index in [4.69, 9.17) is 38.6 Å². The quantitative estimate of drug-likeness (QED) is 0.208. The van der Waals surface area contributed by atoms with E-state index >= 15 is 0 Å². The van der Waals surface area contributed by atoms with Crippen LogP contribution in [0.1, 0.15) is 6.42 Å². The molecule has 0 fully saturated rings. The number of hydrogen-bond acceptors (Lipinski definition) is 8. The summed E-state index contributed by atoms with van der Waals surface area (Å²) in [5.74, 6) is -3.10. The molecule has 10 heteroatoms. The second-order valence-electron chi connectivity index (χ2n) is 4.55. The van der Waals surface area contributed by atoms with Crippen molar-refractivity contribution in [2.45, 2.75) is 6.42 Å². The number of carboxylic acid groups (broad SMARTS) is 2. The smallest absolute Gasteiger partial charge is 0.339 e. The molecule has 0 aliphatic rings. The first-order chi connectivity index (χ1) is 12.0. The van der Waals surface area contributed by atoms with Gasteiger partial charge in [0, 0.05) is 14.2 Å². The maximum Gasteiger partial charge on any atom is 0.339 e. The molecule has 0 saturated heterocycles. The zero-order chi connectivity index (χ0) is 18.9. The minimum absolute atomic E-state index is 0.0000213. The first-order valence-electron chi connectivity index (χ1n) is 7.60. The Labute approximate surface area is 146 Å². The zero-order valence-corrected chi connectivity index (χ0v) is 14.5. The van der Waals surface area contributed by atoms with Gasteiger partial charge in [0.25, 0.3) is 5.95 Å². The van der Waals surface area contributed by atoms with Crippen molar-refractivity contribution in [2.24, 2.45) is 0 Å². The Balaban J connectivity index is 4.57. The Hall–Kier alpha value is -1.88. The van der Waals surface area contributed by atoms with Gasteiger partial charge in [-0.25, -0.2) is 4.79 Å². The Kier molecular flexibility index (Phi) is 14.5. The topological polar surface area (TPSA) is 130 Å². The van der Waals surface area contributed by atoms with E-state index in [1.807, 2.05) is 0 Å². The molecule has 0 bridgehead atoms. The Morgan fingerprint density at radius 2 is 1.16 bits per heavy atom. The van der Waals surface area contributed by atoms with Crippen molar-refractivity contribution in [1.82, 2.24) is 0 Å². The van der Waals surface area contributed by atoms with Gasteiger partial charge in [0.05, 0.1) is 46.1 Å². The highest BCUT2D eigenvalue weighted by molar-refractivity contribution is 5.92. The lowest BCUT2D eigenvalue weighted by Gasteiger charge is -2.15. The average Bonchev–Trinajstić information content (AvgIpc) is 2.56. The maximum absolute atomic E-state index is 11.2. The lowest BCUT2D eigenvalue weighted by molar-refractivity contribution is -0.140. The molecule has 0 radical (unpaired) electrons. The summed E-state index contributed by atoms with van der Waals surface area (Å²) >= 11 is 0. The molecule has 0 spiro atoms. The fourth-order valence-electron chi connectivity index (χ4n) is 1.48. The van der Waals surface area contributed by atoms with Gasteiger partial charge in [-0.05, 0) is 0 Å². The number of aliphatic carboxylic acids is 2. The summed E-state index contributed by atoms with van der Waals surface area (Å²) in [5, 5.41) is 18.0. The minimum atomic E-state index is -1.43. The lowest BCUT2D eigenvalue weighted by atomic mass is 10.2. The van der Waals surface area contributed by atoms with E-state index in [0.717, 1.165) is 0 Å². The third kappa shape index (κ3) is 13.1. The van der Waals surface area contributed by atoms with Crippen LogP contribution in [0.4, 0.5) is 0 Å². The van der Waals surface area contributed by atoms with Crippen LogP contribution < -0.4 is 0 Å². The maximum atomic E-state index is 11.2. The van der Waals surface area contributed by atoms with Crippen molar-refractivity contribution in [3.05, 3.63) is 11.5 Å². The van der Waals surface area contributed by atoms with E-state index in [1.54, 1.807) is 0 Å². The number of carboxylic acids is 2. The summed E-state index contributed by atoms with van der Waals surface area (Å²) in [4.78, 5) is 22.1. The monoisotopic (exact) mass is 366 g/mol. The van der Waals surface area contributed by atoms with Crippen LogP contribution in [0.2, 0.25) is 0 Å². The van der Waals surface area contributed by atoms with E-state index in [1.165, 1.54) is 14.2 Å². The molecule has 0 heterocycles. The first-order valence-corrected chi connectivity index (χ1v) is 7.60. The largest absolute Gasteiger partial charge is 0.481 e. The number of ether oxygens (including phenoxy) is 6. The number of hydrogen-bond donors (Lipinski definition) is 2. The molecule has 0 amide bonds. The van der Waals surface area contributed by atoms with Crippen LogP contribution in [0.5, 0.6) is 0 Å². The third-order valence-electron chi connectivity index (χ3n) is 2.62. The van der Waals surface area contributed by atoms with Gasteiger partial charge in [0.15, 0.2) is 0 Å². The van der Waals surface area contributed by atoms with Crippen molar-refractivity contribution >= 4 is 11.9 Å². The Morgan fingerprint density at radius 1 is 0.720 bits per heavy atom. The molecule has 146 valence electrons. The molecule has 0 rings (SSSR count). The van der Waals surface area contributed by atoms with Crippen LogP contribution in [-0.4, -0.2) is 89.2 Å². The first kappa shape index (κ1) is 23.1. The molecule has 0 aliphatic carbocycles. The Morgan fingerprint density at radius 3 is 1.52 bits per heavy atom. The standard InChI is InChI=1S/C15H26O10/c1-20-3-5-22-7-9-24-15(12(14(18)19)11-13(16)17)25-10-8-23-6-4-21-2/h3-11H2,1-2H3,(H,16,17)(H,18,19). The molecule has 25 heavy (non-hydrogen) atoms. The van der Waals surface area contributed by atoms with Gasteiger partial charge in [-0.15, -0.1) is 0 Å². The fourth-order valence-corrected chi connectivity index (χ4v) is 1.48. The van der Waals surface area contributed by atoms with E-state index < -0.39 is 23.9 Å². The van der Waals surface area contributed by atoms with Crippen LogP contribution in [0.15, 0.2) is 11.5 Å². The fraction of sp³-hybridized carbons (Fsp3) is 0.733. The third-order valence-corrected chi connectivity index (χ3v) is 2.62. The van der Waals surface area contributed by atoms with Crippen molar-refractivity contribution in [3.8, 4) is 0 Å². The van der Waals surface area contributed by atoms with E-state index in [0.29, 0.717) is 26.4 Å². The number of methoxy groups -OCH3 is 2. The van der Waals surface area contributed by atoms with Gasteiger partial charge in [-0.2, -0.15) is 0 Å². The predicted molar refractivity (Wildman–Crippen MR) is 84.2 cm³/mol. The summed E-state index contributed by atoms with van der Waals surface area (Å²) in [7, 11) is 3.07. The predicted octanol–water partition coefficient (Wildman–Crippen LogP) is 0.117. The van der Waals surface area contributed by atoms with E-state index in [2.05, 4.69) is 0 Å². The molecule has 2 N–H and O–H groups in total. The zero-order valence-electron chi connectivity index (χ0n) is 14.5. The molecule has 0 aliphatic heterocycles. The van der Waals surface area contributed by atoms with Crippen LogP contribution in [0, 0.1) is 0 Å². The van der Waals surface area contributed by atoms with Crippen LogP contribution in [0.25, 0.3) is 0 Å². The van der Waals surface area contributed by atoms with Crippen molar-refractivity contribution in [3.63, 3.8) is 0 Å². The molecule has 0 aromatic carbocycles. The summed E-state index contributed by atoms with van der Waals surface area (Å²) < 4.78 is 30.5. The molecule has 0 atom stereocenters.